The first kappa shape index (κ1) is 17.8. The van der Waals surface area contributed by atoms with E-state index in [1.807, 2.05) is 32.0 Å². The van der Waals surface area contributed by atoms with Crippen molar-refractivity contribution in [2.45, 2.75) is 20.0 Å². The minimum absolute atomic E-state index is 0.0742. The van der Waals surface area contributed by atoms with Gasteiger partial charge in [-0.3, -0.25) is 0 Å². The van der Waals surface area contributed by atoms with Crippen molar-refractivity contribution in [2.24, 2.45) is 0 Å². The van der Waals surface area contributed by atoms with Gasteiger partial charge in [-0.25, -0.2) is 4.79 Å². The van der Waals surface area contributed by atoms with Gasteiger partial charge in [0, 0.05) is 0 Å². The van der Waals surface area contributed by atoms with Crippen molar-refractivity contribution in [3.63, 3.8) is 0 Å². The average molecular weight is 386 g/mol. The molecule has 0 unspecified atom stereocenters. The molecule has 0 aliphatic rings. The van der Waals surface area contributed by atoms with Crippen LogP contribution in [0.2, 0.25) is 0 Å². The summed E-state index contributed by atoms with van der Waals surface area (Å²) in [5.41, 5.74) is 2.16. The van der Waals surface area contributed by atoms with Crippen molar-refractivity contribution in [1.29, 1.82) is 5.26 Å². The number of nitrogens with zero attached hydrogens (tertiary/aromatic N) is 1. The number of halogens is 1. The Morgan fingerprint density at radius 2 is 1.83 bits per heavy atom. The molecule has 2 aromatic carbocycles. The monoisotopic (exact) mass is 385 g/mol. The van der Waals surface area contributed by atoms with Crippen LogP contribution in [0, 0.1) is 11.3 Å². The molecule has 0 aromatic heterocycles. The van der Waals surface area contributed by atoms with E-state index in [4.69, 9.17) is 9.84 Å². The number of aromatic carboxylic acids is 1. The van der Waals surface area contributed by atoms with Crippen molar-refractivity contribution >= 4 is 33.5 Å². The molecule has 24 heavy (non-hydrogen) atoms. The van der Waals surface area contributed by atoms with Crippen LogP contribution in [0.4, 0.5) is 0 Å². The largest absolute Gasteiger partial charge is 0.490 e. The fraction of sp³-hybridized carbons (Fsp3) is 0.158. The number of allylic oxidation sites excluding steroid dienone is 1. The Bertz CT molecular complexity index is 817. The van der Waals surface area contributed by atoms with Gasteiger partial charge in [0.15, 0.2) is 0 Å². The average Bonchev–Trinajstić information content (AvgIpc) is 2.55. The lowest BCUT2D eigenvalue weighted by molar-refractivity contribution is 0.0697. The van der Waals surface area contributed by atoms with E-state index in [1.54, 1.807) is 18.2 Å². The van der Waals surface area contributed by atoms with Gasteiger partial charge in [0.25, 0.3) is 0 Å². The molecule has 0 aliphatic carbocycles. The van der Waals surface area contributed by atoms with Crippen LogP contribution >= 0.6 is 15.9 Å². The maximum Gasteiger partial charge on any atom is 0.335 e. The fourth-order valence-corrected chi connectivity index (χ4v) is 2.59. The molecular formula is C19H16BrNO3. The molecule has 0 heterocycles. The number of carboxylic acids is 1. The summed E-state index contributed by atoms with van der Waals surface area (Å²) < 4.78 is 6.47. The van der Waals surface area contributed by atoms with Gasteiger partial charge in [-0.2, -0.15) is 5.26 Å². The Labute approximate surface area is 149 Å². The molecule has 0 saturated heterocycles. The van der Waals surface area contributed by atoms with Gasteiger partial charge in [0.2, 0.25) is 0 Å². The van der Waals surface area contributed by atoms with Crippen LogP contribution in [0.15, 0.2) is 46.9 Å². The lowest BCUT2D eigenvalue weighted by atomic mass is 10.0. The van der Waals surface area contributed by atoms with E-state index < -0.39 is 5.97 Å². The summed E-state index contributed by atoms with van der Waals surface area (Å²) in [5.74, 6) is -0.250. The summed E-state index contributed by atoms with van der Waals surface area (Å²) in [7, 11) is 0. The van der Waals surface area contributed by atoms with Gasteiger partial charge in [0.05, 0.1) is 27.8 Å². The maximum absolute atomic E-state index is 10.9. The molecule has 0 amide bonds. The smallest absolute Gasteiger partial charge is 0.335 e. The van der Waals surface area contributed by atoms with Gasteiger partial charge >= 0.3 is 5.97 Å². The van der Waals surface area contributed by atoms with Gasteiger partial charge in [-0.1, -0.05) is 18.2 Å². The highest BCUT2D eigenvalue weighted by Crippen LogP contribution is 2.28. The quantitative estimate of drug-likeness (QED) is 0.580. The third-order valence-corrected chi connectivity index (χ3v) is 3.81. The Morgan fingerprint density at radius 1 is 1.21 bits per heavy atom. The highest BCUT2D eigenvalue weighted by atomic mass is 79.9. The van der Waals surface area contributed by atoms with Crippen LogP contribution in [0.3, 0.4) is 0 Å². The molecule has 0 radical (unpaired) electrons. The molecule has 0 atom stereocenters. The lowest BCUT2D eigenvalue weighted by Gasteiger charge is -2.11. The highest BCUT2D eigenvalue weighted by molar-refractivity contribution is 9.10. The van der Waals surface area contributed by atoms with Crippen molar-refractivity contribution in [1.82, 2.24) is 0 Å². The lowest BCUT2D eigenvalue weighted by Crippen LogP contribution is -2.05. The van der Waals surface area contributed by atoms with Crippen LogP contribution < -0.4 is 4.74 Å². The predicted molar refractivity (Wildman–Crippen MR) is 96.8 cm³/mol. The molecular weight excluding hydrogens is 370 g/mol. The molecule has 0 fully saturated rings. The molecule has 0 aliphatic heterocycles. The molecule has 122 valence electrons. The van der Waals surface area contributed by atoms with Crippen molar-refractivity contribution in [3.8, 4) is 11.8 Å². The first-order valence-corrected chi connectivity index (χ1v) is 8.11. The van der Waals surface area contributed by atoms with E-state index in [-0.39, 0.29) is 11.7 Å². The summed E-state index contributed by atoms with van der Waals surface area (Å²) in [4.78, 5) is 10.9. The van der Waals surface area contributed by atoms with E-state index >= 15 is 0 Å². The minimum Gasteiger partial charge on any atom is -0.490 e. The molecule has 4 nitrogen and oxygen atoms in total. The molecule has 2 aromatic rings. The van der Waals surface area contributed by atoms with Gasteiger partial charge in [-0.05, 0) is 71.2 Å². The van der Waals surface area contributed by atoms with E-state index in [0.29, 0.717) is 11.1 Å². The summed E-state index contributed by atoms with van der Waals surface area (Å²) in [6, 6.07) is 14.0. The summed E-state index contributed by atoms with van der Waals surface area (Å²) in [6.07, 6.45) is 1.82. The Balaban J connectivity index is 2.32. The summed E-state index contributed by atoms with van der Waals surface area (Å²) in [5, 5.41) is 18.3. The maximum atomic E-state index is 10.9. The van der Waals surface area contributed by atoms with Crippen LogP contribution in [0.25, 0.3) is 11.6 Å². The van der Waals surface area contributed by atoms with Gasteiger partial charge < -0.3 is 9.84 Å². The second-order valence-electron chi connectivity index (χ2n) is 5.41. The topological polar surface area (TPSA) is 70.3 Å². The molecule has 1 N–H and O–H groups in total. The van der Waals surface area contributed by atoms with E-state index in [9.17, 15) is 10.1 Å². The van der Waals surface area contributed by atoms with Gasteiger partial charge in [-0.15, -0.1) is 0 Å². The Hall–Kier alpha value is -2.58. The second kappa shape index (κ2) is 7.80. The minimum atomic E-state index is -0.992. The standard InChI is InChI=1S/C19H16BrNO3/c1-12(2)24-18-8-3-13(10-17(18)20)9-16(11-21)14-4-6-15(7-5-14)19(22)23/h3-10,12H,1-2H3,(H,22,23)/b16-9+. The van der Waals surface area contributed by atoms with Crippen molar-refractivity contribution in [3.05, 3.63) is 63.6 Å². The first-order valence-electron chi connectivity index (χ1n) is 7.32. The summed E-state index contributed by atoms with van der Waals surface area (Å²) >= 11 is 3.47. The number of ether oxygens (including phenoxy) is 1. The van der Waals surface area contributed by atoms with E-state index in [0.717, 1.165) is 15.8 Å². The molecule has 0 spiro atoms. The SMILES string of the molecule is CC(C)Oc1ccc(/C=C(\C#N)c2ccc(C(=O)O)cc2)cc1Br. The normalized spacial score (nSPS) is 11.2. The first-order chi connectivity index (χ1) is 11.4. The molecule has 2 rings (SSSR count). The fourth-order valence-electron chi connectivity index (χ4n) is 2.10. The number of nitriles is 1. The third kappa shape index (κ3) is 4.46. The number of hydrogen-bond donors (Lipinski definition) is 1. The molecule has 5 heteroatoms. The highest BCUT2D eigenvalue weighted by Gasteiger charge is 2.07. The zero-order valence-electron chi connectivity index (χ0n) is 13.3. The number of rotatable bonds is 5. The molecule has 0 bridgehead atoms. The zero-order chi connectivity index (χ0) is 17.7. The number of carboxylic acid groups (broad SMARTS) is 1. The van der Waals surface area contributed by atoms with Crippen molar-refractivity contribution < 1.29 is 14.6 Å². The third-order valence-electron chi connectivity index (χ3n) is 3.19. The molecule has 0 saturated carbocycles. The number of hydrogen-bond acceptors (Lipinski definition) is 3. The van der Waals surface area contributed by atoms with Crippen LogP contribution in [-0.2, 0) is 0 Å². The number of benzene rings is 2. The van der Waals surface area contributed by atoms with Gasteiger partial charge in [0.1, 0.15) is 5.75 Å². The Morgan fingerprint density at radius 3 is 2.33 bits per heavy atom. The summed E-state index contributed by atoms with van der Waals surface area (Å²) in [6.45, 7) is 3.91. The Kier molecular flexibility index (Phi) is 5.78. The van der Waals surface area contributed by atoms with Crippen LogP contribution in [0.5, 0.6) is 5.75 Å². The zero-order valence-corrected chi connectivity index (χ0v) is 14.9. The van der Waals surface area contributed by atoms with E-state index in [2.05, 4.69) is 22.0 Å². The number of carbonyl (C=O) groups is 1. The van der Waals surface area contributed by atoms with Crippen LogP contribution in [0.1, 0.15) is 35.3 Å². The van der Waals surface area contributed by atoms with Crippen molar-refractivity contribution in [2.75, 3.05) is 0 Å². The second-order valence-corrected chi connectivity index (χ2v) is 6.26. The van der Waals surface area contributed by atoms with E-state index in [1.165, 1.54) is 12.1 Å². The van der Waals surface area contributed by atoms with Crippen LogP contribution in [-0.4, -0.2) is 17.2 Å². The predicted octanol–water partition coefficient (Wildman–Crippen LogP) is 5.00.